The zero-order chi connectivity index (χ0) is 19.1. The van der Waals surface area contributed by atoms with Gasteiger partial charge in [0, 0.05) is 43.5 Å². The number of halogens is 1. The quantitative estimate of drug-likeness (QED) is 0.214. The number of aromatic nitrogens is 2. The van der Waals surface area contributed by atoms with E-state index >= 15 is 0 Å². The Bertz CT molecular complexity index is 880. The van der Waals surface area contributed by atoms with Gasteiger partial charge in [0.2, 0.25) is 0 Å². The molecule has 0 saturated carbocycles. The Labute approximate surface area is 183 Å². The van der Waals surface area contributed by atoms with Gasteiger partial charge in [0.15, 0.2) is 5.96 Å². The van der Waals surface area contributed by atoms with Gasteiger partial charge >= 0.3 is 0 Å². The van der Waals surface area contributed by atoms with Crippen molar-refractivity contribution in [2.24, 2.45) is 4.99 Å². The fourth-order valence-electron chi connectivity index (χ4n) is 3.27. The third-order valence-corrected chi connectivity index (χ3v) is 4.70. The fourth-order valence-corrected chi connectivity index (χ4v) is 3.27. The van der Waals surface area contributed by atoms with Crippen LogP contribution in [0.4, 0.5) is 0 Å². The van der Waals surface area contributed by atoms with Crippen molar-refractivity contribution in [1.29, 1.82) is 0 Å². The summed E-state index contributed by atoms with van der Waals surface area (Å²) in [7, 11) is 0. The molecular formula is C21H30IN5O. The van der Waals surface area contributed by atoms with Crippen LogP contribution in [0.2, 0.25) is 0 Å². The van der Waals surface area contributed by atoms with Crippen LogP contribution >= 0.6 is 24.0 Å². The van der Waals surface area contributed by atoms with Gasteiger partial charge in [-0.3, -0.25) is 4.99 Å². The van der Waals surface area contributed by atoms with Gasteiger partial charge in [-0.2, -0.15) is 0 Å². The van der Waals surface area contributed by atoms with Crippen LogP contribution in [-0.2, 0) is 13.0 Å². The molecule has 0 radical (unpaired) electrons. The van der Waals surface area contributed by atoms with Gasteiger partial charge in [0.05, 0.1) is 5.69 Å². The summed E-state index contributed by atoms with van der Waals surface area (Å²) in [6.45, 7) is 9.42. The Morgan fingerprint density at radius 3 is 2.75 bits per heavy atom. The third kappa shape index (κ3) is 5.73. The smallest absolute Gasteiger partial charge is 0.191 e. The Balaban J connectivity index is 0.00000280. The monoisotopic (exact) mass is 495 g/mol. The van der Waals surface area contributed by atoms with E-state index in [1.165, 1.54) is 16.5 Å². The minimum absolute atomic E-state index is 0. The highest BCUT2D eigenvalue weighted by Gasteiger charge is 2.08. The summed E-state index contributed by atoms with van der Waals surface area (Å²) in [5.74, 6) is 1.76. The number of para-hydroxylation sites is 1. The topological polar surface area (TPSA) is 67.4 Å². The van der Waals surface area contributed by atoms with E-state index in [4.69, 9.17) is 9.52 Å². The molecular weight excluding hydrogens is 465 g/mol. The highest BCUT2D eigenvalue weighted by atomic mass is 127. The lowest BCUT2D eigenvalue weighted by Crippen LogP contribution is -2.38. The molecule has 7 heteroatoms. The maximum absolute atomic E-state index is 5.22. The second kappa shape index (κ2) is 11.1. The van der Waals surface area contributed by atoms with Crippen LogP contribution in [0, 0.1) is 13.8 Å². The number of fused-ring (bicyclic) bond motifs is 1. The highest BCUT2D eigenvalue weighted by molar-refractivity contribution is 14.0. The SMILES string of the molecule is CCNC(=NCCCn1ccc2ccccc21)NCCc1c(C)noc1C.I. The molecule has 3 aromatic rings. The summed E-state index contributed by atoms with van der Waals surface area (Å²) < 4.78 is 7.51. The Morgan fingerprint density at radius 2 is 2.00 bits per heavy atom. The minimum atomic E-state index is 0. The van der Waals surface area contributed by atoms with Crippen molar-refractivity contribution in [3.63, 3.8) is 0 Å². The first-order chi connectivity index (χ1) is 13.2. The number of hydrogen-bond acceptors (Lipinski definition) is 3. The van der Waals surface area contributed by atoms with Crippen LogP contribution in [0.15, 0.2) is 46.0 Å². The summed E-state index contributed by atoms with van der Waals surface area (Å²) >= 11 is 0. The van der Waals surface area contributed by atoms with Crippen molar-refractivity contribution >= 4 is 40.8 Å². The number of rotatable bonds is 8. The molecule has 0 aliphatic heterocycles. The van der Waals surface area contributed by atoms with Crippen LogP contribution in [0.1, 0.15) is 30.4 Å². The van der Waals surface area contributed by atoms with E-state index in [0.29, 0.717) is 0 Å². The van der Waals surface area contributed by atoms with E-state index < -0.39 is 0 Å². The summed E-state index contributed by atoms with van der Waals surface area (Å²) in [5, 5.41) is 12.0. The molecule has 3 rings (SSSR count). The molecule has 0 aliphatic rings. The zero-order valence-electron chi connectivity index (χ0n) is 16.9. The van der Waals surface area contributed by atoms with Crippen molar-refractivity contribution in [2.45, 2.75) is 40.2 Å². The molecule has 0 saturated heterocycles. The normalized spacial score (nSPS) is 11.5. The van der Waals surface area contributed by atoms with Gasteiger partial charge in [0.25, 0.3) is 0 Å². The maximum Gasteiger partial charge on any atom is 0.191 e. The number of hydrogen-bond donors (Lipinski definition) is 2. The van der Waals surface area contributed by atoms with Crippen molar-refractivity contribution < 1.29 is 4.52 Å². The summed E-state index contributed by atoms with van der Waals surface area (Å²) in [6, 6.07) is 10.6. The average Bonchev–Trinajstić information content (AvgIpc) is 3.23. The lowest BCUT2D eigenvalue weighted by atomic mass is 10.1. The van der Waals surface area contributed by atoms with Gasteiger partial charge in [-0.1, -0.05) is 23.4 Å². The van der Waals surface area contributed by atoms with Crippen LogP contribution < -0.4 is 10.6 Å². The molecule has 2 heterocycles. The summed E-state index contributed by atoms with van der Waals surface area (Å²) in [4.78, 5) is 4.70. The first-order valence-corrected chi connectivity index (χ1v) is 9.67. The number of aliphatic imine (C=N–C) groups is 1. The molecule has 0 atom stereocenters. The Kier molecular flexibility index (Phi) is 8.82. The van der Waals surface area contributed by atoms with E-state index in [0.717, 1.165) is 56.4 Å². The number of nitrogens with one attached hydrogen (secondary N) is 2. The second-order valence-corrected chi connectivity index (χ2v) is 6.66. The molecule has 152 valence electrons. The standard InChI is InChI=1S/C21H29N5O.HI/c1-4-22-21(24-13-10-19-16(2)25-27-17(19)3)23-12-7-14-26-15-11-18-8-5-6-9-20(18)26;/h5-6,8-9,11,15H,4,7,10,12-14H2,1-3H3,(H2,22,23,24);1H. The molecule has 0 amide bonds. The molecule has 0 spiro atoms. The van der Waals surface area contributed by atoms with Gasteiger partial charge < -0.3 is 19.7 Å². The van der Waals surface area contributed by atoms with Crippen LogP contribution in [-0.4, -0.2) is 35.3 Å². The Hall–Kier alpha value is -2.03. The number of benzene rings is 1. The fraction of sp³-hybridized carbons (Fsp3) is 0.429. The van der Waals surface area contributed by atoms with E-state index in [1.54, 1.807) is 0 Å². The molecule has 0 aliphatic carbocycles. The number of nitrogens with zero attached hydrogens (tertiary/aromatic N) is 3. The van der Waals surface area contributed by atoms with Crippen LogP contribution in [0.25, 0.3) is 10.9 Å². The van der Waals surface area contributed by atoms with Crippen molar-refractivity contribution in [2.75, 3.05) is 19.6 Å². The predicted molar refractivity (Wildman–Crippen MR) is 126 cm³/mol. The summed E-state index contributed by atoms with van der Waals surface area (Å²) in [5.41, 5.74) is 3.43. The highest BCUT2D eigenvalue weighted by Crippen LogP contribution is 2.15. The summed E-state index contributed by atoms with van der Waals surface area (Å²) in [6.07, 6.45) is 4.03. The van der Waals surface area contributed by atoms with Crippen molar-refractivity contribution in [1.82, 2.24) is 20.4 Å². The second-order valence-electron chi connectivity index (χ2n) is 6.66. The largest absolute Gasteiger partial charge is 0.361 e. The molecule has 0 fully saturated rings. The molecule has 0 unspecified atom stereocenters. The zero-order valence-corrected chi connectivity index (χ0v) is 19.2. The average molecular weight is 495 g/mol. The molecule has 1 aromatic carbocycles. The lowest BCUT2D eigenvalue weighted by Gasteiger charge is -2.11. The van der Waals surface area contributed by atoms with E-state index in [9.17, 15) is 0 Å². The number of aryl methyl sites for hydroxylation is 3. The predicted octanol–water partition coefficient (Wildman–Crippen LogP) is 4.05. The first-order valence-electron chi connectivity index (χ1n) is 9.67. The first kappa shape index (κ1) is 22.3. The van der Waals surface area contributed by atoms with Gasteiger partial charge in [-0.05, 0) is 51.1 Å². The molecule has 0 bridgehead atoms. The van der Waals surface area contributed by atoms with Gasteiger partial charge in [-0.15, -0.1) is 24.0 Å². The number of guanidine groups is 1. The van der Waals surface area contributed by atoms with Crippen molar-refractivity contribution in [3.8, 4) is 0 Å². The van der Waals surface area contributed by atoms with E-state index in [-0.39, 0.29) is 24.0 Å². The molecule has 2 N–H and O–H groups in total. The van der Waals surface area contributed by atoms with Crippen LogP contribution in [0.3, 0.4) is 0 Å². The van der Waals surface area contributed by atoms with Gasteiger partial charge in [-0.25, -0.2) is 0 Å². The minimum Gasteiger partial charge on any atom is -0.361 e. The third-order valence-electron chi connectivity index (χ3n) is 4.70. The lowest BCUT2D eigenvalue weighted by molar-refractivity contribution is 0.392. The van der Waals surface area contributed by atoms with Crippen molar-refractivity contribution in [3.05, 3.63) is 53.5 Å². The molecule has 28 heavy (non-hydrogen) atoms. The molecule has 2 aromatic heterocycles. The van der Waals surface area contributed by atoms with E-state index in [1.807, 2.05) is 13.8 Å². The maximum atomic E-state index is 5.22. The molecule has 6 nitrogen and oxygen atoms in total. The van der Waals surface area contributed by atoms with Gasteiger partial charge in [0.1, 0.15) is 5.76 Å². The Morgan fingerprint density at radius 1 is 1.18 bits per heavy atom. The van der Waals surface area contributed by atoms with Crippen LogP contribution in [0.5, 0.6) is 0 Å². The van der Waals surface area contributed by atoms with E-state index in [2.05, 4.69) is 63.8 Å².